The van der Waals surface area contributed by atoms with Crippen molar-refractivity contribution in [2.45, 2.75) is 46.2 Å². The standard InChI is InChI=1S/C23H27BrCl2N2O3/c1-4-10-27-23(30)15(3)28(13-17-6-8-19(25)20(26)12-17)22(29)14-31-21-9-7-16(5-2)11-18(21)24/h6-9,11-12,15H,4-5,10,13-14H2,1-3H3,(H,27,30)/t15-/m0/s1. The van der Waals surface area contributed by atoms with Crippen molar-refractivity contribution < 1.29 is 14.3 Å². The Labute approximate surface area is 202 Å². The Morgan fingerprint density at radius 2 is 1.81 bits per heavy atom. The second-order valence-electron chi connectivity index (χ2n) is 7.14. The van der Waals surface area contributed by atoms with E-state index >= 15 is 0 Å². The molecule has 1 N–H and O–H groups in total. The van der Waals surface area contributed by atoms with Crippen LogP contribution in [0.4, 0.5) is 0 Å². The zero-order valence-electron chi connectivity index (χ0n) is 17.9. The minimum absolute atomic E-state index is 0.198. The quantitative estimate of drug-likeness (QED) is 0.433. The van der Waals surface area contributed by atoms with Crippen LogP contribution in [0, 0.1) is 0 Å². The lowest BCUT2D eigenvalue weighted by atomic mass is 10.1. The third kappa shape index (κ3) is 7.41. The summed E-state index contributed by atoms with van der Waals surface area (Å²) in [5.74, 6) is 0.0450. The van der Waals surface area contributed by atoms with E-state index in [1.54, 1.807) is 25.1 Å². The number of hydrogen-bond acceptors (Lipinski definition) is 3. The highest BCUT2D eigenvalue weighted by Crippen LogP contribution is 2.27. The van der Waals surface area contributed by atoms with Gasteiger partial charge in [0.25, 0.3) is 5.91 Å². The molecule has 31 heavy (non-hydrogen) atoms. The summed E-state index contributed by atoms with van der Waals surface area (Å²) in [6.07, 6.45) is 1.71. The van der Waals surface area contributed by atoms with Crippen molar-refractivity contribution in [3.8, 4) is 5.75 Å². The van der Waals surface area contributed by atoms with Gasteiger partial charge in [-0.05, 0) is 71.1 Å². The van der Waals surface area contributed by atoms with Gasteiger partial charge < -0.3 is 15.0 Å². The summed E-state index contributed by atoms with van der Waals surface area (Å²) in [5.41, 5.74) is 1.93. The number of hydrogen-bond donors (Lipinski definition) is 1. The van der Waals surface area contributed by atoms with Crippen LogP contribution in [-0.4, -0.2) is 35.9 Å². The molecule has 1 atom stereocenters. The molecule has 2 aromatic carbocycles. The molecule has 0 aromatic heterocycles. The number of aryl methyl sites for hydroxylation is 1. The number of nitrogens with zero attached hydrogens (tertiary/aromatic N) is 1. The number of carbonyl (C=O) groups is 2. The van der Waals surface area contributed by atoms with Gasteiger partial charge in [0.1, 0.15) is 11.8 Å². The van der Waals surface area contributed by atoms with Crippen LogP contribution in [0.2, 0.25) is 10.0 Å². The Morgan fingerprint density at radius 3 is 2.42 bits per heavy atom. The molecule has 0 saturated heterocycles. The van der Waals surface area contributed by atoms with Gasteiger partial charge in [-0.25, -0.2) is 0 Å². The summed E-state index contributed by atoms with van der Waals surface area (Å²) in [7, 11) is 0. The summed E-state index contributed by atoms with van der Waals surface area (Å²) >= 11 is 15.6. The molecular weight excluding hydrogens is 503 g/mol. The van der Waals surface area contributed by atoms with Crippen LogP contribution < -0.4 is 10.1 Å². The van der Waals surface area contributed by atoms with E-state index in [1.807, 2.05) is 25.1 Å². The molecule has 0 fully saturated rings. The van der Waals surface area contributed by atoms with Crippen molar-refractivity contribution in [3.63, 3.8) is 0 Å². The fraction of sp³-hybridized carbons (Fsp3) is 0.391. The monoisotopic (exact) mass is 528 g/mol. The van der Waals surface area contributed by atoms with Crippen molar-refractivity contribution in [1.29, 1.82) is 0 Å². The van der Waals surface area contributed by atoms with Gasteiger partial charge >= 0.3 is 0 Å². The smallest absolute Gasteiger partial charge is 0.261 e. The second kappa shape index (κ2) is 12.3. The van der Waals surface area contributed by atoms with Crippen LogP contribution in [-0.2, 0) is 22.6 Å². The summed E-state index contributed by atoms with van der Waals surface area (Å²) in [5, 5.41) is 3.67. The van der Waals surface area contributed by atoms with Gasteiger partial charge in [0.05, 0.1) is 14.5 Å². The van der Waals surface area contributed by atoms with Crippen molar-refractivity contribution in [1.82, 2.24) is 10.2 Å². The van der Waals surface area contributed by atoms with Gasteiger partial charge in [-0.3, -0.25) is 9.59 Å². The fourth-order valence-electron chi connectivity index (χ4n) is 2.92. The summed E-state index contributed by atoms with van der Waals surface area (Å²) < 4.78 is 6.54. The van der Waals surface area contributed by atoms with Crippen molar-refractivity contribution in [2.24, 2.45) is 0 Å². The number of carbonyl (C=O) groups excluding carboxylic acids is 2. The SMILES string of the molecule is CCCNC(=O)[C@H](C)N(Cc1ccc(Cl)c(Cl)c1)C(=O)COc1ccc(CC)cc1Br. The largest absolute Gasteiger partial charge is 0.483 e. The van der Waals surface area contributed by atoms with Crippen molar-refractivity contribution >= 4 is 50.9 Å². The Bertz CT molecular complexity index is 924. The normalized spacial score (nSPS) is 11.7. The van der Waals surface area contributed by atoms with Crippen LogP contribution >= 0.6 is 39.1 Å². The van der Waals surface area contributed by atoms with Crippen molar-refractivity contribution in [2.75, 3.05) is 13.2 Å². The van der Waals surface area contributed by atoms with Gasteiger partial charge in [0, 0.05) is 13.1 Å². The van der Waals surface area contributed by atoms with Crippen LogP contribution in [0.5, 0.6) is 5.75 Å². The lowest BCUT2D eigenvalue weighted by Crippen LogP contribution is -2.49. The zero-order chi connectivity index (χ0) is 23.0. The molecule has 0 aliphatic rings. The summed E-state index contributed by atoms with van der Waals surface area (Å²) in [4.78, 5) is 27.1. The molecular formula is C23H27BrCl2N2O3. The maximum atomic E-state index is 13.1. The van der Waals surface area contributed by atoms with E-state index in [2.05, 4.69) is 28.2 Å². The van der Waals surface area contributed by atoms with Gasteiger partial charge in [-0.2, -0.15) is 0 Å². The summed E-state index contributed by atoms with van der Waals surface area (Å²) in [6.45, 7) is 6.29. The predicted molar refractivity (Wildman–Crippen MR) is 129 cm³/mol. The molecule has 0 aliphatic carbocycles. The van der Waals surface area contributed by atoms with Crippen LogP contribution in [0.25, 0.3) is 0 Å². The van der Waals surface area contributed by atoms with E-state index < -0.39 is 6.04 Å². The first-order valence-electron chi connectivity index (χ1n) is 10.2. The molecule has 2 rings (SSSR count). The van der Waals surface area contributed by atoms with Crippen LogP contribution in [0.1, 0.15) is 38.3 Å². The summed E-state index contributed by atoms with van der Waals surface area (Å²) in [6, 6.07) is 10.2. The van der Waals surface area contributed by atoms with E-state index in [9.17, 15) is 9.59 Å². The first kappa shape index (κ1) is 25.5. The molecule has 2 amide bonds. The van der Waals surface area contributed by atoms with Gasteiger partial charge in [0.2, 0.25) is 5.91 Å². The molecule has 0 radical (unpaired) electrons. The number of amides is 2. The van der Waals surface area contributed by atoms with E-state index in [-0.39, 0.29) is 25.0 Å². The molecule has 8 heteroatoms. The third-order valence-corrected chi connectivity index (χ3v) is 6.17. The minimum atomic E-state index is -0.678. The number of halogens is 3. The van der Waals surface area contributed by atoms with E-state index in [0.717, 1.165) is 28.4 Å². The molecule has 0 saturated carbocycles. The first-order valence-corrected chi connectivity index (χ1v) is 11.7. The highest BCUT2D eigenvalue weighted by molar-refractivity contribution is 9.10. The molecule has 0 spiro atoms. The number of rotatable bonds is 10. The minimum Gasteiger partial charge on any atom is -0.483 e. The molecule has 5 nitrogen and oxygen atoms in total. The topological polar surface area (TPSA) is 58.6 Å². The van der Waals surface area contributed by atoms with Gasteiger partial charge in [-0.1, -0.05) is 49.2 Å². The average Bonchev–Trinajstić information content (AvgIpc) is 2.76. The lowest BCUT2D eigenvalue weighted by molar-refractivity contribution is -0.142. The third-order valence-electron chi connectivity index (χ3n) is 4.81. The molecule has 0 heterocycles. The molecule has 2 aromatic rings. The second-order valence-corrected chi connectivity index (χ2v) is 8.81. The zero-order valence-corrected chi connectivity index (χ0v) is 21.0. The Morgan fingerprint density at radius 1 is 1.10 bits per heavy atom. The highest BCUT2D eigenvalue weighted by Gasteiger charge is 2.26. The molecule has 0 bridgehead atoms. The van der Waals surface area contributed by atoms with Crippen molar-refractivity contribution in [3.05, 3.63) is 62.0 Å². The molecule has 168 valence electrons. The average molecular weight is 530 g/mol. The number of benzene rings is 2. The van der Waals surface area contributed by atoms with E-state index in [4.69, 9.17) is 27.9 Å². The highest BCUT2D eigenvalue weighted by atomic mass is 79.9. The Balaban J connectivity index is 2.18. The lowest BCUT2D eigenvalue weighted by Gasteiger charge is -2.29. The number of nitrogens with one attached hydrogen (secondary N) is 1. The van der Waals surface area contributed by atoms with Gasteiger partial charge in [0.15, 0.2) is 6.61 Å². The maximum absolute atomic E-state index is 13.1. The maximum Gasteiger partial charge on any atom is 0.261 e. The predicted octanol–water partition coefficient (Wildman–Crippen LogP) is 5.64. The first-order chi connectivity index (χ1) is 14.8. The molecule has 0 aliphatic heterocycles. The number of ether oxygens (including phenoxy) is 1. The Hall–Kier alpha value is -1.76. The van der Waals surface area contributed by atoms with E-state index in [0.29, 0.717) is 22.3 Å². The molecule has 0 unspecified atom stereocenters. The Kier molecular flexibility index (Phi) is 10.1. The fourth-order valence-corrected chi connectivity index (χ4v) is 3.78. The van der Waals surface area contributed by atoms with Gasteiger partial charge in [-0.15, -0.1) is 0 Å². The van der Waals surface area contributed by atoms with Crippen LogP contribution in [0.3, 0.4) is 0 Å². The van der Waals surface area contributed by atoms with Crippen LogP contribution in [0.15, 0.2) is 40.9 Å². The van der Waals surface area contributed by atoms with E-state index in [1.165, 1.54) is 4.90 Å².